The molecule has 0 aliphatic carbocycles. The van der Waals surface area contributed by atoms with Crippen LogP contribution in [0.5, 0.6) is 0 Å². The standard InChI is InChI=1S/C32H68P.C8H21O3PS/c1-5-9-13-17-18-19-20-21-22-23-24-28-32-33(29-25-14-10-6-2,30-26-15-11-7-3)31-27-16-12-8-4;1-7(2)5-13(6-8(3)4)12(9,10)11/h5-32H2,1-4H3;7-11H,5-6H2,1-4H3/q+1;. The highest BCUT2D eigenvalue weighted by atomic mass is 32.5. The normalized spacial score (nSPS) is 12.4. The molecule has 0 saturated heterocycles. The fourth-order valence-corrected chi connectivity index (χ4v) is 16.6. The first kappa shape index (κ1) is 49.2. The molecule has 0 heterocycles. The Bertz CT molecular complexity index is 626. The van der Waals surface area contributed by atoms with E-state index >= 15 is 0 Å². The van der Waals surface area contributed by atoms with Gasteiger partial charge >= 0.3 is 0 Å². The summed E-state index contributed by atoms with van der Waals surface area (Å²) in [7, 11) is -1.32. The van der Waals surface area contributed by atoms with Crippen LogP contribution >= 0.6 is 14.0 Å². The Morgan fingerprint density at radius 2 is 0.609 bits per heavy atom. The molecular formula is C40H89O3P2S+. The predicted octanol–water partition coefficient (Wildman–Crippen LogP) is 14.0. The highest BCUT2D eigenvalue weighted by molar-refractivity contribution is 8.27. The Balaban J connectivity index is 0. The van der Waals surface area contributed by atoms with Gasteiger partial charge in [0.15, 0.2) is 0 Å². The van der Waals surface area contributed by atoms with E-state index in [4.69, 9.17) is 0 Å². The highest BCUT2D eigenvalue weighted by Crippen LogP contribution is 2.61. The molecule has 0 aromatic carbocycles. The van der Waals surface area contributed by atoms with Crippen molar-refractivity contribution in [3.05, 3.63) is 0 Å². The molecular weight excluding hydrogens is 622 g/mol. The monoisotopic (exact) mass is 712 g/mol. The van der Waals surface area contributed by atoms with Crippen molar-refractivity contribution in [1.82, 2.24) is 0 Å². The fourth-order valence-electron chi connectivity index (χ4n) is 6.62. The number of hydrogen-bond acceptors (Lipinski definition) is 0. The Morgan fingerprint density at radius 1 is 0.391 bits per heavy atom. The lowest BCUT2D eigenvalue weighted by Crippen LogP contribution is -2.13. The Kier molecular flexibility index (Phi) is 36.9. The Morgan fingerprint density at radius 3 is 0.826 bits per heavy atom. The van der Waals surface area contributed by atoms with Crippen molar-refractivity contribution in [2.45, 2.75) is 209 Å². The molecule has 3 N–H and O–H groups in total. The second-order valence-electron chi connectivity index (χ2n) is 15.4. The summed E-state index contributed by atoms with van der Waals surface area (Å²) in [5.74, 6) is 2.20. The quantitative estimate of drug-likeness (QED) is 0.0481. The lowest BCUT2D eigenvalue weighted by molar-refractivity contribution is 0.362. The molecule has 0 saturated carbocycles. The molecule has 6 heteroatoms. The van der Waals surface area contributed by atoms with Crippen LogP contribution < -0.4 is 0 Å². The largest absolute Gasteiger partial charge is 0.329 e. The van der Waals surface area contributed by atoms with Gasteiger partial charge in [-0.2, -0.15) is 0 Å². The smallest absolute Gasteiger partial charge is 0.277 e. The highest BCUT2D eigenvalue weighted by Gasteiger charge is 2.34. The number of rotatable bonds is 32. The summed E-state index contributed by atoms with van der Waals surface area (Å²) in [5.41, 5.74) is 0. The molecule has 46 heavy (non-hydrogen) atoms. The molecule has 0 amide bonds. The van der Waals surface area contributed by atoms with Crippen LogP contribution in [-0.2, 0) is 10.1 Å². The lowest BCUT2D eigenvalue weighted by atomic mass is 10.1. The predicted molar refractivity (Wildman–Crippen MR) is 220 cm³/mol. The molecule has 0 aromatic heterocycles. The van der Waals surface area contributed by atoms with Gasteiger partial charge in [0.2, 0.25) is 0 Å². The van der Waals surface area contributed by atoms with Crippen LogP contribution in [0.25, 0.3) is 0 Å². The third-order valence-electron chi connectivity index (χ3n) is 9.34. The maximum atomic E-state index is 9.21. The van der Waals surface area contributed by atoms with Crippen molar-refractivity contribution in [3.63, 3.8) is 0 Å². The van der Waals surface area contributed by atoms with E-state index in [1.54, 1.807) is 50.3 Å². The molecule has 0 spiro atoms. The van der Waals surface area contributed by atoms with Crippen LogP contribution in [0.3, 0.4) is 0 Å². The summed E-state index contributed by atoms with van der Waals surface area (Å²) in [6.07, 6.45) is 42.1. The van der Waals surface area contributed by atoms with Crippen LogP contribution in [0.1, 0.15) is 209 Å². The van der Waals surface area contributed by atoms with Crippen LogP contribution in [0.4, 0.5) is 0 Å². The van der Waals surface area contributed by atoms with E-state index in [0.717, 1.165) is 0 Å². The summed E-state index contributed by atoms with van der Waals surface area (Å²) >= 11 is 0. The van der Waals surface area contributed by atoms with E-state index in [0.29, 0.717) is 23.3 Å². The summed E-state index contributed by atoms with van der Waals surface area (Å²) in [6.45, 7) is 13.9. The van der Waals surface area contributed by atoms with Crippen molar-refractivity contribution in [1.29, 1.82) is 0 Å². The maximum absolute atomic E-state index is 9.21. The van der Waals surface area contributed by atoms with Gasteiger partial charge in [-0.15, -0.1) is 10.1 Å². The average Bonchev–Trinajstić information content (AvgIpc) is 2.99. The number of hydrogen-bond donors (Lipinski definition) is 3. The van der Waals surface area contributed by atoms with Gasteiger partial charge in [0, 0.05) is 7.26 Å². The van der Waals surface area contributed by atoms with Gasteiger partial charge in [0.1, 0.15) is 0 Å². The van der Waals surface area contributed by atoms with Gasteiger partial charge in [0.25, 0.3) is 6.72 Å². The van der Waals surface area contributed by atoms with E-state index in [1.165, 1.54) is 128 Å². The van der Waals surface area contributed by atoms with Crippen molar-refractivity contribution < 1.29 is 14.7 Å². The topological polar surface area (TPSA) is 60.7 Å². The van der Waals surface area contributed by atoms with E-state index in [1.807, 2.05) is 27.7 Å². The minimum atomic E-state index is -3.61. The van der Waals surface area contributed by atoms with Crippen LogP contribution in [0.2, 0.25) is 0 Å². The van der Waals surface area contributed by atoms with E-state index in [9.17, 15) is 14.7 Å². The van der Waals surface area contributed by atoms with Crippen molar-refractivity contribution >= 4 is 24.1 Å². The van der Waals surface area contributed by atoms with Crippen LogP contribution in [0.15, 0.2) is 0 Å². The zero-order valence-corrected chi connectivity index (χ0v) is 35.6. The average molecular weight is 712 g/mol. The summed E-state index contributed by atoms with van der Waals surface area (Å²) in [6, 6.07) is 0. The molecule has 3 nitrogen and oxygen atoms in total. The first-order chi connectivity index (χ1) is 22.0. The minimum absolute atomic E-state index is 0.396. The molecule has 0 aromatic rings. The van der Waals surface area contributed by atoms with Gasteiger partial charge in [-0.25, -0.2) is 0 Å². The zero-order valence-electron chi connectivity index (χ0n) is 33.0. The second-order valence-corrected chi connectivity index (χ2v) is 25.5. The van der Waals surface area contributed by atoms with Crippen molar-refractivity contribution in [2.24, 2.45) is 11.8 Å². The zero-order chi connectivity index (χ0) is 34.9. The van der Waals surface area contributed by atoms with Gasteiger partial charge < -0.3 is 14.7 Å². The Hall–Kier alpha value is 1.09. The molecule has 0 aliphatic heterocycles. The molecule has 0 radical (unpaired) electrons. The van der Waals surface area contributed by atoms with Gasteiger partial charge in [-0.3, -0.25) is 0 Å². The summed E-state index contributed by atoms with van der Waals surface area (Å²) < 4.78 is 0. The molecule has 0 unspecified atom stereocenters. The van der Waals surface area contributed by atoms with Gasteiger partial charge in [0.05, 0.1) is 24.6 Å². The van der Waals surface area contributed by atoms with Crippen molar-refractivity contribution in [3.8, 4) is 0 Å². The third kappa shape index (κ3) is 33.6. The van der Waals surface area contributed by atoms with Gasteiger partial charge in [-0.05, 0) is 74.7 Å². The summed E-state index contributed by atoms with van der Waals surface area (Å²) in [4.78, 5) is 27.6. The first-order valence-electron chi connectivity index (χ1n) is 20.6. The van der Waals surface area contributed by atoms with Gasteiger partial charge in [-0.1, -0.05) is 158 Å². The maximum Gasteiger partial charge on any atom is 0.277 e. The Labute approximate surface area is 295 Å². The van der Waals surface area contributed by atoms with E-state index in [-0.39, 0.29) is 0 Å². The molecule has 0 rings (SSSR count). The second kappa shape index (κ2) is 34.5. The third-order valence-corrected chi connectivity index (χ3v) is 20.2. The van der Waals surface area contributed by atoms with Crippen LogP contribution in [-0.4, -0.2) is 50.8 Å². The van der Waals surface area contributed by atoms with Crippen molar-refractivity contribution in [2.75, 3.05) is 36.2 Å². The molecule has 0 bridgehead atoms. The molecule has 282 valence electrons. The lowest BCUT2D eigenvalue weighted by Gasteiger charge is -2.28. The number of unbranched alkanes of at least 4 members (excludes halogenated alkanes) is 20. The van der Waals surface area contributed by atoms with E-state index < -0.39 is 24.1 Å². The first-order valence-corrected chi connectivity index (χ1v) is 26.9. The molecule has 0 fully saturated rings. The molecule has 0 atom stereocenters. The minimum Gasteiger partial charge on any atom is -0.329 e. The SMILES string of the molecule is CC(C)CS(CC(C)C)=P(O)(O)O.CCCCCCCCCCCCCC[P+](CCCCCC)(CCCCCC)CCCCCC. The van der Waals surface area contributed by atoms with E-state index in [2.05, 4.69) is 27.7 Å². The summed E-state index contributed by atoms with van der Waals surface area (Å²) in [5, 5.41) is 0. The fraction of sp³-hybridized carbons (Fsp3) is 1.00. The molecule has 0 aliphatic rings. The van der Waals surface area contributed by atoms with Crippen LogP contribution in [0, 0.1) is 11.8 Å².